The Hall–Kier alpha value is -1.28. The van der Waals surface area contributed by atoms with Gasteiger partial charge in [-0.3, -0.25) is 0 Å². The fraction of sp³-hybridized carbons (Fsp3) is 0.455. The molecule has 8 heteroatoms. The van der Waals surface area contributed by atoms with E-state index in [1.807, 2.05) is 0 Å². The molecule has 106 valence electrons. The molecule has 1 aliphatic heterocycles. The van der Waals surface area contributed by atoms with Gasteiger partial charge in [0.1, 0.15) is 0 Å². The summed E-state index contributed by atoms with van der Waals surface area (Å²) in [4.78, 5) is 1.46. The molecule has 0 aromatic heterocycles. The summed E-state index contributed by atoms with van der Waals surface area (Å²) in [5.74, 6) is 0. The quantitative estimate of drug-likeness (QED) is 0.922. The summed E-state index contributed by atoms with van der Waals surface area (Å²) in [5.41, 5.74) is 1.37. The van der Waals surface area contributed by atoms with Gasteiger partial charge in [0.05, 0.1) is 11.3 Å². The van der Waals surface area contributed by atoms with Crippen LogP contribution in [0.15, 0.2) is 23.1 Å². The molecule has 0 bridgehead atoms. The smallest absolute Gasteiger partial charge is 0.371 e. The van der Waals surface area contributed by atoms with E-state index in [9.17, 15) is 21.6 Å². The fourth-order valence-electron chi connectivity index (χ4n) is 2.10. The van der Waals surface area contributed by atoms with Gasteiger partial charge in [0.15, 0.2) is 0 Å². The lowest BCUT2D eigenvalue weighted by Crippen LogP contribution is -2.26. The Labute approximate surface area is 109 Å². The number of halogens is 3. The minimum Gasteiger partial charge on any atom is -0.371 e. The van der Waals surface area contributed by atoms with Crippen molar-refractivity contribution in [3.8, 4) is 0 Å². The van der Waals surface area contributed by atoms with E-state index in [-0.39, 0.29) is 11.4 Å². The summed E-state index contributed by atoms with van der Waals surface area (Å²) in [7, 11) is -3.84. The Balaban J connectivity index is 2.23. The molecular formula is C11H13F3N2O2S. The van der Waals surface area contributed by atoms with Crippen LogP contribution in [0, 0.1) is 0 Å². The van der Waals surface area contributed by atoms with Crippen LogP contribution in [-0.4, -0.2) is 27.7 Å². The van der Waals surface area contributed by atoms with Gasteiger partial charge >= 0.3 is 6.18 Å². The second-order valence-electron chi connectivity index (χ2n) is 4.44. The van der Waals surface area contributed by atoms with Gasteiger partial charge in [-0.15, -0.1) is 0 Å². The Morgan fingerprint density at radius 2 is 2.00 bits per heavy atom. The van der Waals surface area contributed by atoms with E-state index in [0.29, 0.717) is 18.7 Å². The zero-order valence-corrected chi connectivity index (χ0v) is 10.8. The van der Waals surface area contributed by atoms with Crippen LogP contribution in [0.5, 0.6) is 0 Å². The van der Waals surface area contributed by atoms with Crippen molar-refractivity contribution >= 4 is 15.7 Å². The molecule has 0 spiro atoms. The number of rotatable bonds is 3. The molecule has 1 aromatic carbocycles. The molecule has 1 aromatic rings. The van der Waals surface area contributed by atoms with E-state index in [2.05, 4.69) is 0 Å². The van der Waals surface area contributed by atoms with Gasteiger partial charge in [-0.05, 0) is 24.1 Å². The van der Waals surface area contributed by atoms with E-state index in [4.69, 9.17) is 5.14 Å². The van der Waals surface area contributed by atoms with Gasteiger partial charge in [-0.2, -0.15) is 13.2 Å². The SMILES string of the molecule is NS(=O)(=O)c1ccc2c(c1)N(CCC(F)(F)F)CC2. The van der Waals surface area contributed by atoms with Gasteiger partial charge in [0, 0.05) is 18.8 Å². The van der Waals surface area contributed by atoms with Gasteiger partial charge in [-0.25, -0.2) is 13.6 Å². The summed E-state index contributed by atoms with van der Waals surface area (Å²) in [6.07, 6.45) is -4.54. The molecule has 0 saturated heterocycles. The lowest BCUT2D eigenvalue weighted by Gasteiger charge is -2.20. The second kappa shape index (κ2) is 4.68. The number of hydrogen-bond donors (Lipinski definition) is 1. The molecule has 2 rings (SSSR count). The first-order valence-corrected chi connectivity index (χ1v) is 7.19. The number of nitrogens with zero attached hydrogens (tertiary/aromatic N) is 1. The predicted molar refractivity (Wildman–Crippen MR) is 64.4 cm³/mol. The van der Waals surface area contributed by atoms with Crippen molar-refractivity contribution in [3.63, 3.8) is 0 Å². The van der Waals surface area contributed by atoms with Crippen molar-refractivity contribution in [3.05, 3.63) is 23.8 Å². The van der Waals surface area contributed by atoms with Crippen LogP contribution < -0.4 is 10.0 Å². The number of nitrogens with two attached hydrogens (primary N) is 1. The Kier molecular flexibility index (Phi) is 3.48. The molecule has 1 heterocycles. The summed E-state index contributed by atoms with van der Waals surface area (Å²) in [6, 6.07) is 4.32. The lowest BCUT2D eigenvalue weighted by atomic mass is 10.2. The lowest BCUT2D eigenvalue weighted by molar-refractivity contribution is -0.132. The van der Waals surface area contributed by atoms with Crippen molar-refractivity contribution in [1.29, 1.82) is 0 Å². The second-order valence-corrected chi connectivity index (χ2v) is 6.00. The van der Waals surface area contributed by atoms with E-state index in [0.717, 1.165) is 5.56 Å². The molecule has 0 unspecified atom stereocenters. The maximum absolute atomic E-state index is 12.2. The summed E-state index contributed by atoms with van der Waals surface area (Å²) in [6.45, 7) is 0.282. The number of benzene rings is 1. The molecule has 0 saturated carbocycles. The van der Waals surface area contributed by atoms with Crippen molar-refractivity contribution in [2.45, 2.75) is 23.9 Å². The molecule has 0 aliphatic carbocycles. The van der Waals surface area contributed by atoms with Crippen LogP contribution >= 0.6 is 0 Å². The van der Waals surface area contributed by atoms with Gasteiger partial charge < -0.3 is 4.90 Å². The predicted octanol–water partition coefficient (Wildman–Crippen LogP) is 1.65. The van der Waals surface area contributed by atoms with Crippen LogP contribution in [0.1, 0.15) is 12.0 Å². The molecule has 2 N–H and O–H groups in total. The van der Waals surface area contributed by atoms with Gasteiger partial charge in [0.25, 0.3) is 0 Å². The highest BCUT2D eigenvalue weighted by molar-refractivity contribution is 7.89. The van der Waals surface area contributed by atoms with E-state index in [1.165, 1.54) is 17.0 Å². The third-order valence-corrected chi connectivity index (χ3v) is 3.95. The van der Waals surface area contributed by atoms with Crippen LogP contribution in [0.4, 0.5) is 18.9 Å². The molecule has 4 nitrogen and oxygen atoms in total. The number of sulfonamides is 1. The van der Waals surface area contributed by atoms with Crippen molar-refractivity contribution in [1.82, 2.24) is 0 Å². The molecule has 0 amide bonds. The normalized spacial score (nSPS) is 15.7. The third kappa shape index (κ3) is 3.38. The van der Waals surface area contributed by atoms with Gasteiger partial charge in [0.2, 0.25) is 10.0 Å². The highest BCUT2D eigenvalue weighted by Gasteiger charge is 2.30. The van der Waals surface area contributed by atoms with Gasteiger partial charge in [-0.1, -0.05) is 6.07 Å². The topological polar surface area (TPSA) is 63.4 Å². The largest absolute Gasteiger partial charge is 0.390 e. The first kappa shape index (κ1) is 14.1. The minimum atomic E-state index is -4.22. The third-order valence-electron chi connectivity index (χ3n) is 3.04. The van der Waals surface area contributed by atoms with E-state index < -0.39 is 22.6 Å². The first-order chi connectivity index (χ1) is 8.67. The zero-order chi connectivity index (χ0) is 14.3. The number of primary sulfonamides is 1. The Morgan fingerprint density at radius 1 is 1.32 bits per heavy atom. The number of fused-ring (bicyclic) bond motifs is 1. The fourth-order valence-corrected chi connectivity index (χ4v) is 2.63. The molecule has 0 fully saturated rings. The molecule has 1 aliphatic rings. The zero-order valence-electron chi connectivity index (χ0n) is 9.94. The molecule has 0 atom stereocenters. The van der Waals surface area contributed by atoms with Crippen molar-refractivity contribution in [2.24, 2.45) is 5.14 Å². The average Bonchev–Trinajstić information content (AvgIpc) is 2.66. The summed E-state index contributed by atoms with van der Waals surface area (Å²) in [5, 5.41) is 5.01. The van der Waals surface area contributed by atoms with E-state index in [1.54, 1.807) is 6.07 Å². The number of alkyl halides is 3. The molecular weight excluding hydrogens is 281 g/mol. The Morgan fingerprint density at radius 3 is 2.58 bits per heavy atom. The van der Waals surface area contributed by atoms with E-state index >= 15 is 0 Å². The summed E-state index contributed by atoms with van der Waals surface area (Å²) < 4.78 is 59.1. The number of anilines is 1. The van der Waals surface area contributed by atoms with Crippen LogP contribution in [-0.2, 0) is 16.4 Å². The van der Waals surface area contributed by atoms with Crippen LogP contribution in [0.25, 0.3) is 0 Å². The summed E-state index contributed by atoms with van der Waals surface area (Å²) >= 11 is 0. The van der Waals surface area contributed by atoms with Crippen molar-refractivity contribution in [2.75, 3.05) is 18.0 Å². The molecule has 19 heavy (non-hydrogen) atoms. The standard InChI is InChI=1S/C11H13F3N2O2S/c12-11(13,14)4-6-16-5-3-8-1-2-9(7-10(8)16)19(15,17)18/h1-2,7H,3-6H2,(H2,15,17,18). The molecule has 0 radical (unpaired) electrons. The van der Waals surface area contributed by atoms with Crippen LogP contribution in [0.2, 0.25) is 0 Å². The minimum absolute atomic E-state index is 0.0786. The van der Waals surface area contributed by atoms with Crippen LogP contribution in [0.3, 0.4) is 0 Å². The highest BCUT2D eigenvalue weighted by Crippen LogP contribution is 2.31. The Bertz CT molecular complexity index is 584. The maximum atomic E-state index is 12.2. The average molecular weight is 294 g/mol. The monoisotopic (exact) mass is 294 g/mol. The maximum Gasteiger partial charge on any atom is 0.390 e. The first-order valence-electron chi connectivity index (χ1n) is 5.64. The highest BCUT2D eigenvalue weighted by atomic mass is 32.2. The number of hydrogen-bond acceptors (Lipinski definition) is 3. The van der Waals surface area contributed by atoms with Crippen molar-refractivity contribution < 1.29 is 21.6 Å².